The number of anilines is 2. The number of carbonyl (C=O) groups excluding carboxylic acids is 2. The van der Waals surface area contributed by atoms with Gasteiger partial charge in [0.05, 0.1) is 5.75 Å². The van der Waals surface area contributed by atoms with Crippen molar-refractivity contribution in [1.82, 2.24) is 0 Å². The van der Waals surface area contributed by atoms with E-state index >= 15 is 0 Å². The molecule has 1 heterocycles. The topological polar surface area (TPSA) is 49.4 Å². The summed E-state index contributed by atoms with van der Waals surface area (Å²) in [5.41, 5.74) is 3.83. The summed E-state index contributed by atoms with van der Waals surface area (Å²) in [5.74, 6) is -0.318. The van der Waals surface area contributed by atoms with Crippen molar-refractivity contribution in [1.29, 1.82) is 0 Å². The van der Waals surface area contributed by atoms with Crippen molar-refractivity contribution >= 4 is 35.0 Å². The van der Waals surface area contributed by atoms with Crippen LogP contribution in [0.1, 0.15) is 26.9 Å². The monoisotopic (exact) mass is 406 g/mol. The van der Waals surface area contributed by atoms with Gasteiger partial charge >= 0.3 is 0 Å². The predicted octanol–water partition coefficient (Wildman–Crippen LogP) is 5.17. The fourth-order valence-electron chi connectivity index (χ4n) is 3.29. The van der Waals surface area contributed by atoms with Crippen LogP contribution < -0.4 is 10.2 Å². The van der Waals surface area contributed by atoms with Gasteiger partial charge in [-0.15, -0.1) is 11.8 Å². The molecule has 0 spiro atoms. The summed E-state index contributed by atoms with van der Waals surface area (Å²) in [6, 6.07) is 20.9. The Morgan fingerprint density at radius 2 is 1.83 bits per heavy atom. The summed E-state index contributed by atoms with van der Waals surface area (Å²) in [6.45, 7) is 2.00. The van der Waals surface area contributed by atoms with E-state index in [2.05, 4.69) is 5.32 Å². The second-order valence-electron chi connectivity index (χ2n) is 6.85. The van der Waals surface area contributed by atoms with Crippen LogP contribution in [0.3, 0.4) is 0 Å². The van der Waals surface area contributed by atoms with Gasteiger partial charge in [-0.2, -0.15) is 0 Å². The molecular formula is C23H19FN2O2S. The van der Waals surface area contributed by atoms with E-state index in [-0.39, 0.29) is 22.8 Å². The molecule has 0 saturated carbocycles. The summed E-state index contributed by atoms with van der Waals surface area (Å²) in [7, 11) is 0. The van der Waals surface area contributed by atoms with Gasteiger partial charge in [-0.05, 0) is 60.5 Å². The Balaban J connectivity index is 1.52. The van der Waals surface area contributed by atoms with Crippen molar-refractivity contribution in [3.63, 3.8) is 0 Å². The number of benzene rings is 3. The normalized spacial score (nSPS) is 16.1. The Morgan fingerprint density at radius 3 is 2.55 bits per heavy atom. The van der Waals surface area contributed by atoms with Gasteiger partial charge in [0.2, 0.25) is 5.91 Å². The fraction of sp³-hybridized carbons (Fsp3) is 0.130. The SMILES string of the molecule is Cc1cccc(N2C(=O)CS[C@H]2c2ccc(NC(=O)c3cccc(F)c3)cc2)c1. The number of hydrogen-bond donors (Lipinski definition) is 1. The molecule has 4 rings (SSSR count). The molecule has 3 aromatic carbocycles. The van der Waals surface area contributed by atoms with Gasteiger partial charge in [-0.25, -0.2) is 4.39 Å². The molecule has 1 fully saturated rings. The summed E-state index contributed by atoms with van der Waals surface area (Å²) in [4.78, 5) is 26.6. The zero-order valence-corrected chi connectivity index (χ0v) is 16.6. The minimum Gasteiger partial charge on any atom is -0.322 e. The van der Waals surface area contributed by atoms with Crippen LogP contribution in [-0.4, -0.2) is 17.6 Å². The van der Waals surface area contributed by atoms with E-state index < -0.39 is 5.82 Å². The number of hydrogen-bond acceptors (Lipinski definition) is 3. The standard InChI is InChI=1S/C23H19FN2O2S/c1-15-4-2-7-20(12-15)26-21(27)14-29-23(26)16-8-10-19(11-9-16)25-22(28)17-5-3-6-18(24)13-17/h2-13,23H,14H2,1H3,(H,25,28)/t23-/m0/s1. The Kier molecular flexibility index (Phi) is 5.36. The van der Waals surface area contributed by atoms with Crippen LogP contribution in [0.25, 0.3) is 0 Å². The largest absolute Gasteiger partial charge is 0.322 e. The number of carbonyl (C=O) groups is 2. The number of nitrogens with one attached hydrogen (secondary N) is 1. The summed E-state index contributed by atoms with van der Waals surface area (Å²) in [6.07, 6.45) is 0. The lowest BCUT2D eigenvalue weighted by molar-refractivity contribution is -0.115. The van der Waals surface area contributed by atoms with Crippen molar-refractivity contribution in [3.05, 3.63) is 95.3 Å². The number of amides is 2. The number of thioether (sulfide) groups is 1. The van der Waals surface area contributed by atoms with Crippen molar-refractivity contribution in [2.45, 2.75) is 12.3 Å². The molecule has 1 N–H and O–H groups in total. The van der Waals surface area contributed by atoms with Crippen molar-refractivity contribution in [2.24, 2.45) is 0 Å². The Morgan fingerprint density at radius 1 is 1.07 bits per heavy atom. The first-order chi connectivity index (χ1) is 14.0. The maximum Gasteiger partial charge on any atom is 0.255 e. The number of nitrogens with zero attached hydrogens (tertiary/aromatic N) is 1. The summed E-state index contributed by atoms with van der Waals surface area (Å²) >= 11 is 1.58. The lowest BCUT2D eigenvalue weighted by atomic mass is 10.1. The summed E-state index contributed by atoms with van der Waals surface area (Å²) < 4.78 is 13.3. The maximum absolute atomic E-state index is 13.3. The van der Waals surface area contributed by atoms with Gasteiger partial charge in [-0.3, -0.25) is 14.5 Å². The second kappa shape index (κ2) is 8.09. The van der Waals surface area contributed by atoms with Gasteiger partial charge < -0.3 is 5.32 Å². The Hall–Kier alpha value is -3.12. The van der Waals surface area contributed by atoms with E-state index in [1.807, 2.05) is 48.2 Å². The molecule has 0 bridgehead atoms. The van der Waals surface area contributed by atoms with Crippen molar-refractivity contribution < 1.29 is 14.0 Å². The van der Waals surface area contributed by atoms with Crippen molar-refractivity contribution in [3.8, 4) is 0 Å². The van der Waals surface area contributed by atoms with Gasteiger partial charge in [0.15, 0.2) is 0 Å². The van der Waals surface area contributed by atoms with E-state index in [9.17, 15) is 14.0 Å². The zero-order chi connectivity index (χ0) is 20.4. The molecule has 0 aliphatic carbocycles. The van der Waals surface area contributed by atoms with E-state index in [1.165, 1.54) is 18.2 Å². The molecule has 1 aliphatic rings. The van der Waals surface area contributed by atoms with E-state index in [0.29, 0.717) is 11.4 Å². The smallest absolute Gasteiger partial charge is 0.255 e. The lowest BCUT2D eigenvalue weighted by Gasteiger charge is -2.25. The summed E-state index contributed by atoms with van der Waals surface area (Å²) in [5, 5.41) is 2.66. The highest BCUT2D eigenvalue weighted by atomic mass is 32.2. The fourth-order valence-corrected chi connectivity index (χ4v) is 4.47. The van der Waals surface area contributed by atoms with Crippen LogP contribution >= 0.6 is 11.8 Å². The molecule has 1 saturated heterocycles. The van der Waals surface area contributed by atoms with Crippen LogP contribution in [0, 0.1) is 12.7 Å². The highest BCUT2D eigenvalue weighted by Gasteiger charge is 2.34. The first-order valence-electron chi connectivity index (χ1n) is 9.18. The average molecular weight is 406 g/mol. The van der Waals surface area contributed by atoms with Gasteiger partial charge in [0, 0.05) is 16.9 Å². The van der Waals surface area contributed by atoms with Crippen LogP contribution in [-0.2, 0) is 4.79 Å². The molecule has 0 radical (unpaired) electrons. The van der Waals surface area contributed by atoms with Crippen LogP contribution in [0.4, 0.5) is 15.8 Å². The number of halogens is 1. The first-order valence-corrected chi connectivity index (χ1v) is 10.2. The maximum atomic E-state index is 13.3. The van der Waals surface area contributed by atoms with Gasteiger partial charge in [-0.1, -0.05) is 30.3 Å². The quantitative estimate of drug-likeness (QED) is 0.651. The van der Waals surface area contributed by atoms with Crippen LogP contribution in [0.5, 0.6) is 0 Å². The third kappa shape index (κ3) is 4.17. The van der Waals surface area contributed by atoms with E-state index in [0.717, 1.165) is 16.8 Å². The molecule has 3 aromatic rings. The van der Waals surface area contributed by atoms with E-state index in [4.69, 9.17) is 0 Å². The molecule has 146 valence electrons. The van der Waals surface area contributed by atoms with Gasteiger partial charge in [0.25, 0.3) is 5.91 Å². The predicted molar refractivity (Wildman–Crippen MR) is 115 cm³/mol. The van der Waals surface area contributed by atoms with E-state index in [1.54, 1.807) is 30.0 Å². The molecule has 6 heteroatoms. The van der Waals surface area contributed by atoms with Crippen molar-refractivity contribution in [2.75, 3.05) is 16.0 Å². The molecular weight excluding hydrogens is 387 g/mol. The molecule has 0 unspecified atom stereocenters. The van der Waals surface area contributed by atoms with Crippen LogP contribution in [0.2, 0.25) is 0 Å². The minimum absolute atomic E-state index is 0.0779. The Bertz CT molecular complexity index is 1070. The third-order valence-electron chi connectivity index (χ3n) is 4.69. The molecule has 1 atom stereocenters. The highest BCUT2D eigenvalue weighted by molar-refractivity contribution is 8.00. The molecule has 0 aromatic heterocycles. The molecule has 4 nitrogen and oxygen atoms in total. The highest BCUT2D eigenvalue weighted by Crippen LogP contribution is 2.42. The Labute approximate surface area is 172 Å². The average Bonchev–Trinajstić information content (AvgIpc) is 3.10. The molecule has 29 heavy (non-hydrogen) atoms. The third-order valence-corrected chi connectivity index (χ3v) is 5.90. The second-order valence-corrected chi connectivity index (χ2v) is 7.92. The van der Waals surface area contributed by atoms with Gasteiger partial charge in [0.1, 0.15) is 11.2 Å². The molecule has 1 aliphatic heterocycles. The van der Waals surface area contributed by atoms with Crippen LogP contribution in [0.15, 0.2) is 72.8 Å². The molecule has 2 amide bonds. The minimum atomic E-state index is -0.452. The first kappa shape index (κ1) is 19.2. The zero-order valence-electron chi connectivity index (χ0n) is 15.8. The number of rotatable bonds is 4. The lowest BCUT2D eigenvalue weighted by Crippen LogP contribution is -2.27. The number of aryl methyl sites for hydroxylation is 1.